The van der Waals surface area contributed by atoms with Crippen LogP contribution in [-0.4, -0.2) is 40.9 Å². The van der Waals surface area contributed by atoms with E-state index in [0.29, 0.717) is 18.4 Å². The van der Waals surface area contributed by atoms with Crippen molar-refractivity contribution in [2.45, 2.75) is 37.3 Å². The number of hydrogen-bond acceptors (Lipinski definition) is 5. The number of carboxylic acids is 1. The van der Waals surface area contributed by atoms with Gasteiger partial charge in [-0.25, -0.2) is 4.79 Å². The number of carboxylic acid groups (broad SMARTS) is 1. The lowest BCUT2D eigenvalue weighted by Crippen LogP contribution is -2.53. The molecule has 0 saturated carbocycles. The second-order valence-electron chi connectivity index (χ2n) is 7.28. The van der Waals surface area contributed by atoms with Gasteiger partial charge in [0, 0.05) is 5.69 Å². The Morgan fingerprint density at radius 2 is 1.79 bits per heavy atom. The van der Waals surface area contributed by atoms with Crippen LogP contribution in [-0.2, 0) is 6.42 Å². The first-order valence-electron chi connectivity index (χ1n) is 9.52. The molecule has 1 fully saturated rings. The highest BCUT2D eigenvalue weighted by molar-refractivity contribution is 5.88. The van der Waals surface area contributed by atoms with Crippen LogP contribution in [0.25, 0.3) is 0 Å². The summed E-state index contributed by atoms with van der Waals surface area (Å²) in [6.07, 6.45) is 2.81. The van der Waals surface area contributed by atoms with E-state index in [1.54, 1.807) is 24.3 Å². The Bertz CT molecular complexity index is 835. The molecule has 1 aliphatic heterocycles. The fraction of sp³-hybridized carbons (Fsp3) is 0.364. The molecular weight excluding hydrogens is 354 g/mol. The van der Waals surface area contributed by atoms with Crippen LogP contribution in [0.1, 0.15) is 40.7 Å². The first-order chi connectivity index (χ1) is 13.5. The molecule has 1 heterocycles. The Morgan fingerprint density at radius 3 is 2.36 bits per heavy atom. The number of anilines is 1. The molecule has 1 aliphatic rings. The van der Waals surface area contributed by atoms with E-state index in [4.69, 9.17) is 10.4 Å². The van der Waals surface area contributed by atoms with Crippen molar-refractivity contribution in [2.24, 2.45) is 0 Å². The highest BCUT2D eigenvalue weighted by atomic mass is 16.4. The van der Waals surface area contributed by atoms with E-state index >= 15 is 0 Å². The van der Waals surface area contributed by atoms with Crippen molar-refractivity contribution in [3.63, 3.8) is 0 Å². The first kappa shape index (κ1) is 19.9. The zero-order chi connectivity index (χ0) is 20.0. The highest BCUT2D eigenvalue weighted by Gasteiger charge is 2.37. The van der Waals surface area contributed by atoms with E-state index in [1.807, 2.05) is 24.3 Å². The van der Waals surface area contributed by atoms with Crippen LogP contribution in [0.5, 0.6) is 0 Å². The summed E-state index contributed by atoms with van der Waals surface area (Å²) in [7, 11) is 0. The molecule has 1 unspecified atom stereocenters. The molecule has 6 heteroatoms. The summed E-state index contributed by atoms with van der Waals surface area (Å²) in [6, 6.07) is 16.1. The van der Waals surface area contributed by atoms with Gasteiger partial charge in [0.25, 0.3) is 0 Å². The molecular formula is C22H25N3O3. The SMILES string of the molecule is N#Cc1ccc(CCC(Nc2ccc(C(=O)O)cc2)C2(O)CCNCC2)cc1. The van der Waals surface area contributed by atoms with E-state index in [1.165, 1.54) is 0 Å². The Kier molecular flexibility index (Phi) is 6.30. The number of benzene rings is 2. The fourth-order valence-corrected chi connectivity index (χ4v) is 3.65. The summed E-state index contributed by atoms with van der Waals surface area (Å²) in [5, 5.41) is 36.0. The minimum atomic E-state index is -0.958. The predicted molar refractivity (Wildman–Crippen MR) is 107 cm³/mol. The molecule has 28 heavy (non-hydrogen) atoms. The number of piperidine rings is 1. The second kappa shape index (κ2) is 8.87. The van der Waals surface area contributed by atoms with Crippen LogP contribution in [0.2, 0.25) is 0 Å². The molecule has 0 bridgehead atoms. The zero-order valence-corrected chi connectivity index (χ0v) is 15.7. The minimum absolute atomic E-state index is 0.166. The molecule has 0 spiro atoms. The maximum Gasteiger partial charge on any atom is 0.335 e. The fourth-order valence-electron chi connectivity index (χ4n) is 3.65. The summed E-state index contributed by atoms with van der Waals surface area (Å²) >= 11 is 0. The number of aromatic carboxylic acids is 1. The number of nitriles is 1. The van der Waals surface area contributed by atoms with Gasteiger partial charge in [-0.15, -0.1) is 0 Å². The van der Waals surface area contributed by atoms with E-state index in [2.05, 4.69) is 16.7 Å². The van der Waals surface area contributed by atoms with Gasteiger partial charge in [0.1, 0.15) is 0 Å². The van der Waals surface area contributed by atoms with Crippen molar-refractivity contribution >= 4 is 11.7 Å². The zero-order valence-electron chi connectivity index (χ0n) is 15.7. The molecule has 146 valence electrons. The van der Waals surface area contributed by atoms with Gasteiger partial charge in [-0.1, -0.05) is 12.1 Å². The molecule has 2 aromatic carbocycles. The van der Waals surface area contributed by atoms with Crippen molar-refractivity contribution in [3.8, 4) is 6.07 Å². The number of aliphatic hydroxyl groups is 1. The Balaban J connectivity index is 1.74. The maximum atomic E-state index is 11.3. The molecule has 0 amide bonds. The van der Waals surface area contributed by atoms with E-state index in [9.17, 15) is 9.90 Å². The third-order valence-electron chi connectivity index (χ3n) is 5.40. The smallest absolute Gasteiger partial charge is 0.335 e. The monoisotopic (exact) mass is 379 g/mol. The summed E-state index contributed by atoms with van der Waals surface area (Å²) in [5.74, 6) is -0.958. The number of hydrogen-bond donors (Lipinski definition) is 4. The van der Waals surface area contributed by atoms with E-state index in [-0.39, 0.29) is 11.6 Å². The molecule has 4 N–H and O–H groups in total. The van der Waals surface area contributed by atoms with Gasteiger partial charge in [-0.2, -0.15) is 5.26 Å². The number of rotatable bonds is 7. The summed E-state index contributed by atoms with van der Waals surface area (Å²) in [5.41, 5.74) is 1.95. The normalized spacial score (nSPS) is 16.7. The van der Waals surface area contributed by atoms with Crippen LogP contribution >= 0.6 is 0 Å². The molecule has 6 nitrogen and oxygen atoms in total. The molecule has 2 aromatic rings. The average Bonchev–Trinajstić information content (AvgIpc) is 2.72. The van der Waals surface area contributed by atoms with Gasteiger partial charge in [0.2, 0.25) is 0 Å². The van der Waals surface area contributed by atoms with Crippen LogP contribution in [0.3, 0.4) is 0 Å². The molecule has 1 atom stereocenters. The van der Waals surface area contributed by atoms with Gasteiger partial charge < -0.3 is 20.8 Å². The third kappa shape index (κ3) is 4.89. The Morgan fingerprint density at radius 1 is 1.14 bits per heavy atom. The number of nitrogens with one attached hydrogen (secondary N) is 2. The Hall–Kier alpha value is -2.88. The van der Waals surface area contributed by atoms with Crippen molar-refractivity contribution in [2.75, 3.05) is 18.4 Å². The first-order valence-corrected chi connectivity index (χ1v) is 9.52. The van der Waals surface area contributed by atoms with E-state index in [0.717, 1.165) is 37.2 Å². The number of nitrogens with zero attached hydrogens (tertiary/aromatic N) is 1. The highest BCUT2D eigenvalue weighted by Crippen LogP contribution is 2.28. The average molecular weight is 379 g/mol. The molecule has 0 aromatic heterocycles. The summed E-state index contributed by atoms with van der Waals surface area (Å²) < 4.78 is 0. The topological polar surface area (TPSA) is 105 Å². The largest absolute Gasteiger partial charge is 0.478 e. The van der Waals surface area contributed by atoms with E-state index < -0.39 is 11.6 Å². The standard InChI is InChI=1S/C22H25N3O3/c23-15-17-3-1-16(2-4-17)5-10-20(22(28)11-13-24-14-12-22)25-19-8-6-18(7-9-19)21(26)27/h1-4,6-9,20,24-25,28H,5,10-14H2,(H,26,27). The molecule has 0 aliphatic carbocycles. The lowest BCUT2D eigenvalue weighted by Gasteiger charge is -2.40. The lowest BCUT2D eigenvalue weighted by molar-refractivity contribution is -0.00937. The van der Waals surface area contributed by atoms with Crippen molar-refractivity contribution in [1.82, 2.24) is 5.32 Å². The van der Waals surface area contributed by atoms with Gasteiger partial charge in [-0.05, 0) is 80.7 Å². The minimum Gasteiger partial charge on any atom is -0.478 e. The molecule has 3 rings (SSSR count). The van der Waals surface area contributed by atoms with Crippen molar-refractivity contribution in [3.05, 3.63) is 65.2 Å². The van der Waals surface area contributed by atoms with Crippen molar-refractivity contribution < 1.29 is 15.0 Å². The second-order valence-corrected chi connectivity index (χ2v) is 7.28. The summed E-state index contributed by atoms with van der Waals surface area (Å²) in [4.78, 5) is 11.1. The maximum absolute atomic E-state index is 11.3. The predicted octanol–water partition coefficient (Wildman–Crippen LogP) is 2.78. The Labute approximate surface area is 164 Å². The van der Waals surface area contributed by atoms with Crippen LogP contribution in [0, 0.1) is 11.3 Å². The number of aryl methyl sites for hydroxylation is 1. The van der Waals surface area contributed by atoms with Crippen molar-refractivity contribution in [1.29, 1.82) is 5.26 Å². The lowest BCUT2D eigenvalue weighted by atomic mass is 9.82. The van der Waals surface area contributed by atoms with Gasteiger partial charge in [-0.3, -0.25) is 0 Å². The molecule has 1 saturated heterocycles. The van der Waals surface area contributed by atoms with Crippen LogP contribution < -0.4 is 10.6 Å². The summed E-state index contributed by atoms with van der Waals surface area (Å²) in [6.45, 7) is 1.53. The molecule has 0 radical (unpaired) electrons. The van der Waals surface area contributed by atoms with Gasteiger partial charge in [0.05, 0.1) is 28.8 Å². The third-order valence-corrected chi connectivity index (χ3v) is 5.40. The van der Waals surface area contributed by atoms with Gasteiger partial charge >= 0.3 is 5.97 Å². The van der Waals surface area contributed by atoms with Gasteiger partial charge in [0.15, 0.2) is 0 Å². The quantitative estimate of drug-likeness (QED) is 0.590. The van der Waals surface area contributed by atoms with Crippen LogP contribution in [0.4, 0.5) is 5.69 Å². The number of carbonyl (C=O) groups is 1. The van der Waals surface area contributed by atoms with Crippen LogP contribution in [0.15, 0.2) is 48.5 Å².